The molecule has 31 heavy (non-hydrogen) atoms. The minimum Gasteiger partial charge on any atom is -0.339 e. The molecule has 1 aliphatic rings. The lowest BCUT2D eigenvalue weighted by Crippen LogP contribution is -2.52. The number of piperazine rings is 1. The zero-order valence-electron chi connectivity index (χ0n) is 17.6. The summed E-state index contributed by atoms with van der Waals surface area (Å²) in [7, 11) is 0. The molecule has 2 amide bonds. The molecule has 1 fully saturated rings. The van der Waals surface area contributed by atoms with Crippen LogP contribution in [0.2, 0.25) is 0 Å². The van der Waals surface area contributed by atoms with Crippen molar-refractivity contribution in [2.75, 3.05) is 26.2 Å². The predicted octanol–water partition coefficient (Wildman–Crippen LogP) is 3.77. The Hall–Kier alpha value is -2.87. The first kappa shape index (κ1) is 22.8. The molecule has 1 atom stereocenters. The summed E-state index contributed by atoms with van der Waals surface area (Å²) in [5, 5.41) is 10.5. The number of nitro groups is 1. The van der Waals surface area contributed by atoms with Crippen molar-refractivity contribution >= 4 is 29.3 Å². The predicted molar refractivity (Wildman–Crippen MR) is 121 cm³/mol. The van der Waals surface area contributed by atoms with Crippen LogP contribution in [0.4, 0.5) is 5.69 Å². The number of thioether (sulfide) groups is 1. The van der Waals surface area contributed by atoms with Crippen LogP contribution in [-0.4, -0.2) is 58.0 Å². The maximum atomic E-state index is 12.8. The van der Waals surface area contributed by atoms with Crippen molar-refractivity contribution < 1.29 is 14.5 Å². The lowest BCUT2D eigenvalue weighted by Gasteiger charge is -2.36. The Labute approximate surface area is 186 Å². The summed E-state index contributed by atoms with van der Waals surface area (Å²) in [4.78, 5) is 40.1. The highest BCUT2D eigenvalue weighted by Crippen LogP contribution is 2.26. The molecule has 1 saturated heterocycles. The molecule has 1 heterocycles. The van der Waals surface area contributed by atoms with E-state index in [0.717, 1.165) is 17.7 Å². The van der Waals surface area contributed by atoms with Gasteiger partial charge in [0.1, 0.15) is 0 Å². The van der Waals surface area contributed by atoms with E-state index in [4.69, 9.17) is 0 Å². The molecular weight excluding hydrogens is 414 g/mol. The Morgan fingerprint density at radius 3 is 2.23 bits per heavy atom. The molecule has 0 aliphatic carbocycles. The third kappa shape index (κ3) is 6.55. The monoisotopic (exact) mass is 441 g/mol. The number of aryl methyl sites for hydroxylation is 1. The first-order valence-electron chi connectivity index (χ1n) is 10.5. The molecule has 0 spiro atoms. The Balaban J connectivity index is 1.41. The zero-order chi connectivity index (χ0) is 22.2. The summed E-state index contributed by atoms with van der Waals surface area (Å²) in [5.41, 5.74) is 1.28. The van der Waals surface area contributed by atoms with Crippen LogP contribution in [0.1, 0.15) is 25.3 Å². The Morgan fingerprint density at radius 1 is 1.00 bits per heavy atom. The molecule has 1 aliphatic heterocycles. The molecule has 3 rings (SSSR count). The molecule has 8 heteroatoms. The van der Waals surface area contributed by atoms with E-state index in [1.54, 1.807) is 17.0 Å². The van der Waals surface area contributed by atoms with E-state index in [-0.39, 0.29) is 22.8 Å². The molecule has 164 valence electrons. The molecule has 0 aromatic heterocycles. The standard InChI is InChI=1S/C23H27N3O4S/c1-18(31-21-12-10-20(11-13-21)26(29)30)23(28)25-16-14-24(15-17-25)22(27)9-5-8-19-6-3-2-4-7-19/h2-4,6-7,10-13,18H,5,8-9,14-17H2,1H3. The van der Waals surface area contributed by atoms with Crippen LogP contribution in [-0.2, 0) is 16.0 Å². The summed E-state index contributed by atoms with van der Waals surface area (Å²) < 4.78 is 0. The summed E-state index contributed by atoms with van der Waals surface area (Å²) in [6, 6.07) is 16.4. The van der Waals surface area contributed by atoms with Gasteiger partial charge in [-0.1, -0.05) is 30.3 Å². The molecule has 0 radical (unpaired) electrons. The molecule has 1 unspecified atom stereocenters. The van der Waals surface area contributed by atoms with Crippen molar-refractivity contribution in [1.29, 1.82) is 0 Å². The average Bonchev–Trinajstić information content (AvgIpc) is 2.79. The smallest absolute Gasteiger partial charge is 0.269 e. The van der Waals surface area contributed by atoms with E-state index in [2.05, 4.69) is 12.1 Å². The van der Waals surface area contributed by atoms with E-state index in [0.29, 0.717) is 32.6 Å². The van der Waals surface area contributed by atoms with Crippen LogP contribution < -0.4 is 0 Å². The molecule has 0 saturated carbocycles. The van der Waals surface area contributed by atoms with Crippen LogP contribution >= 0.6 is 11.8 Å². The Morgan fingerprint density at radius 2 is 1.61 bits per heavy atom. The van der Waals surface area contributed by atoms with E-state index >= 15 is 0 Å². The number of carbonyl (C=O) groups excluding carboxylic acids is 2. The van der Waals surface area contributed by atoms with Crippen molar-refractivity contribution in [3.63, 3.8) is 0 Å². The van der Waals surface area contributed by atoms with Gasteiger partial charge in [0.25, 0.3) is 5.69 Å². The molecule has 2 aromatic carbocycles. The maximum Gasteiger partial charge on any atom is 0.269 e. The van der Waals surface area contributed by atoms with E-state index < -0.39 is 4.92 Å². The fourth-order valence-corrected chi connectivity index (χ4v) is 4.53. The summed E-state index contributed by atoms with van der Waals surface area (Å²) in [6.45, 7) is 4.04. The number of non-ortho nitro benzene ring substituents is 1. The van der Waals surface area contributed by atoms with Crippen molar-refractivity contribution in [3.05, 3.63) is 70.3 Å². The number of hydrogen-bond donors (Lipinski definition) is 0. The normalized spacial score (nSPS) is 14.9. The highest BCUT2D eigenvalue weighted by atomic mass is 32.2. The topological polar surface area (TPSA) is 83.8 Å². The SMILES string of the molecule is CC(Sc1ccc([N+](=O)[O-])cc1)C(=O)N1CCN(C(=O)CCCc2ccccc2)CC1. The third-order valence-corrected chi connectivity index (χ3v) is 6.45. The van der Waals surface area contributed by atoms with Crippen LogP contribution in [0.15, 0.2) is 59.5 Å². The summed E-state index contributed by atoms with van der Waals surface area (Å²) in [5.74, 6) is 0.177. The Bertz CT molecular complexity index is 897. The van der Waals surface area contributed by atoms with Gasteiger partial charge in [0, 0.05) is 49.6 Å². The minimum atomic E-state index is -0.439. The zero-order valence-corrected chi connectivity index (χ0v) is 18.4. The molecular formula is C23H27N3O4S. The summed E-state index contributed by atoms with van der Waals surface area (Å²) in [6.07, 6.45) is 2.24. The fraction of sp³-hybridized carbons (Fsp3) is 0.391. The Kier molecular flexibility index (Phi) is 8.06. The number of nitrogens with zero attached hydrogens (tertiary/aromatic N) is 3. The van der Waals surface area contributed by atoms with Crippen molar-refractivity contribution in [2.45, 2.75) is 36.3 Å². The number of carbonyl (C=O) groups is 2. The second-order valence-corrected chi connectivity index (χ2v) is 8.97. The van der Waals surface area contributed by atoms with Crippen molar-refractivity contribution in [2.24, 2.45) is 0 Å². The van der Waals surface area contributed by atoms with Crippen molar-refractivity contribution in [3.8, 4) is 0 Å². The second kappa shape index (κ2) is 10.9. The maximum absolute atomic E-state index is 12.8. The van der Waals surface area contributed by atoms with Crippen molar-refractivity contribution in [1.82, 2.24) is 9.80 Å². The molecule has 2 aromatic rings. The van der Waals surface area contributed by atoms with Gasteiger partial charge in [-0.2, -0.15) is 0 Å². The van der Waals surface area contributed by atoms with Gasteiger partial charge in [0.05, 0.1) is 10.2 Å². The minimum absolute atomic E-state index is 0.0273. The lowest BCUT2D eigenvalue weighted by atomic mass is 10.1. The number of hydrogen-bond acceptors (Lipinski definition) is 5. The van der Waals surface area contributed by atoms with Gasteiger partial charge in [-0.15, -0.1) is 11.8 Å². The average molecular weight is 442 g/mol. The van der Waals surface area contributed by atoms with Crippen LogP contribution in [0.25, 0.3) is 0 Å². The van der Waals surface area contributed by atoms with Gasteiger partial charge in [-0.25, -0.2) is 0 Å². The number of rotatable bonds is 8. The first-order chi connectivity index (χ1) is 14.9. The van der Waals surface area contributed by atoms with Crippen LogP contribution in [0.5, 0.6) is 0 Å². The third-order valence-electron chi connectivity index (χ3n) is 5.35. The first-order valence-corrected chi connectivity index (χ1v) is 11.3. The highest BCUT2D eigenvalue weighted by Gasteiger charge is 2.27. The van der Waals surface area contributed by atoms with Crippen LogP contribution in [0, 0.1) is 10.1 Å². The van der Waals surface area contributed by atoms with Gasteiger partial charge in [0.15, 0.2) is 0 Å². The van der Waals surface area contributed by atoms with Gasteiger partial charge >= 0.3 is 0 Å². The van der Waals surface area contributed by atoms with E-state index in [9.17, 15) is 19.7 Å². The van der Waals surface area contributed by atoms with Gasteiger partial charge < -0.3 is 9.80 Å². The molecule has 0 N–H and O–H groups in total. The van der Waals surface area contributed by atoms with Gasteiger partial charge in [-0.3, -0.25) is 19.7 Å². The van der Waals surface area contributed by atoms with E-state index in [1.165, 1.54) is 29.5 Å². The number of amides is 2. The molecule has 0 bridgehead atoms. The fourth-order valence-electron chi connectivity index (χ4n) is 3.58. The largest absolute Gasteiger partial charge is 0.339 e. The highest BCUT2D eigenvalue weighted by molar-refractivity contribution is 8.00. The number of benzene rings is 2. The second-order valence-electron chi connectivity index (χ2n) is 7.56. The lowest BCUT2D eigenvalue weighted by molar-refractivity contribution is -0.384. The molecule has 7 nitrogen and oxygen atoms in total. The quantitative estimate of drug-likeness (QED) is 0.354. The van der Waals surface area contributed by atoms with Crippen LogP contribution in [0.3, 0.4) is 0 Å². The number of nitro benzene ring substituents is 1. The summed E-state index contributed by atoms with van der Waals surface area (Å²) >= 11 is 1.39. The van der Waals surface area contributed by atoms with E-state index in [1.807, 2.05) is 30.0 Å². The van der Waals surface area contributed by atoms with Gasteiger partial charge in [0.2, 0.25) is 11.8 Å². The van der Waals surface area contributed by atoms with Gasteiger partial charge in [-0.05, 0) is 37.5 Å².